The molecule has 0 unspecified atom stereocenters. The third kappa shape index (κ3) is 6.91. The molecule has 0 spiro atoms. The second-order valence-electron chi connectivity index (χ2n) is 5.12. The molecule has 5 heteroatoms. The molecule has 0 aliphatic rings. The Morgan fingerprint density at radius 3 is 2.70 bits per heavy atom. The number of rotatable bonds is 9. The average molecular weight is 299 g/mol. The van der Waals surface area contributed by atoms with E-state index in [1.807, 2.05) is 12.1 Å². The van der Waals surface area contributed by atoms with Crippen LogP contribution in [0.1, 0.15) is 30.9 Å². The van der Waals surface area contributed by atoms with Crippen molar-refractivity contribution >= 4 is 9.84 Å². The fraction of sp³-hybridized carbons (Fsp3) is 0.600. The van der Waals surface area contributed by atoms with Crippen molar-refractivity contribution in [3.8, 4) is 5.75 Å². The van der Waals surface area contributed by atoms with E-state index in [9.17, 15) is 8.42 Å². The van der Waals surface area contributed by atoms with E-state index in [1.54, 1.807) is 0 Å². The molecule has 0 atom stereocenters. The molecule has 0 aromatic heterocycles. The number of benzene rings is 1. The van der Waals surface area contributed by atoms with E-state index < -0.39 is 9.84 Å². The monoisotopic (exact) mass is 299 g/mol. The summed E-state index contributed by atoms with van der Waals surface area (Å²) in [6, 6.07) is 6.07. The second kappa shape index (κ2) is 8.27. The summed E-state index contributed by atoms with van der Waals surface area (Å²) in [4.78, 5) is 0. The van der Waals surface area contributed by atoms with Crippen molar-refractivity contribution in [1.29, 1.82) is 0 Å². The van der Waals surface area contributed by atoms with Crippen LogP contribution in [0.25, 0.3) is 0 Å². The highest BCUT2D eigenvalue weighted by atomic mass is 32.2. The van der Waals surface area contributed by atoms with Gasteiger partial charge in [-0.25, -0.2) is 8.42 Å². The van der Waals surface area contributed by atoms with Crippen molar-refractivity contribution in [2.75, 3.05) is 25.2 Å². The van der Waals surface area contributed by atoms with Crippen LogP contribution in [0.5, 0.6) is 5.75 Å². The van der Waals surface area contributed by atoms with E-state index in [-0.39, 0.29) is 5.75 Å². The molecule has 0 saturated heterocycles. The van der Waals surface area contributed by atoms with Crippen LogP contribution in [-0.2, 0) is 16.4 Å². The normalized spacial score (nSPS) is 11.6. The maximum Gasteiger partial charge on any atom is 0.147 e. The highest BCUT2D eigenvalue weighted by molar-refractivity contribution is 7.90. The van der Waals surface area contributed by atoms with Gasteiger partial charge in [0.2, 0.25) is 0 Å². The summed E-state index contributed by atoms with van der Waals surface area (Å²) in [6.07, 6.45) is 2.86. The van der Waals surface area contributed by atoms with Gasteiger partial charge in [-0.3, -0.25) is 0 Å². The minimum atomic E-state index is -2.91. The zero-order valence-corrected chi connectivity index (χ0v) is 13.4. The lowest BCUT2D eigenvalue weighted by Gasteiger charge is -2.13. The van der Waals surface area contributed by atoms with Gasteiger partial charge in [-0.15, -0.1) is 0 Å². The molecule has 4 nitrogen and oxygen atoms in total. The van der Waals surface area contributed by atoms with Crippen molar-refractivity contribution in [2.24, 2.45) is 0 Å². The standard InChI is InChI=1S/C15H25NO3S/c1-4-8-16-12-14-11-13(2)6-7-15(14)19-9-5-10-20(3,17)18/h6-7,11,16H,4-5,8-10,12H2,1-3H3. The van der Waals surface area contributed by atoms with Gasteiger partial charge in [0.1, 0.15) is 15.6 Å². The van der Waals surface area contributed by atoms with Gasteiger partial charge in [-0.1, -0.05) is 24.6 Å². The Morgan fingerprint density at radius 2 is 2.05 bits per heavy atom. The molecule has 0 radical (unpaired) electrons. The van der Waals surface area contributed by atoms with E-state index in [1.165, 1.54) is 11.8 Å². The summed E-state index contributed by atoms with van der Waals surface area (Å²) < 4.78 is 27.8. The first-order valence-electron chi connectivity index (χ1n) is 7.03. The second-order valence-corrected chi connectivity index (χ2v) is 7.38. The Hall–Kier alpha value is -1.07. The van der Waals surface area contributed by atoms with Crippen molar-refractivity contribution in [1.82, 2.24) is 5.32 Å². The molecule has 0 aliphatic carbocycles. The van der Waals surface area contributed by atoms with Gasteiger partial charge in [0.05, 0.1) is 12.4 Å². The summed E-state index contributed by atoms with van der Waals surface area (Å²) in [6.45, 7) is 6.36. The minimum absolute atomic E-state index is 0.169. The molecule has 1 aromatic carbocycles. The number of aryl methyl sites for hydroxylation is 1. The van der Waals surface area contributed by atoms with Crippen LogP contribution in [-0.4, -0.2) is 33.6 Å². The Kier molecular flexibility index (Phi) is 7.02. The third-order valence-corrected chi connectivity index (χ3v) is 3.91. The Labute approximate surface area is 122 Å². The quantitative estimate of drug-likeness (QED) is 0.711. The van der Waals surface area contributed by atoms with Gasteiger partial charge in [-0.2, -0.15) is 0 Å². The molecule has 0 bridgehead atoms. The van der Waals surface area contributed by atoms with E-state index >= 15 is 0 Å². The number of hydrogen-bond acceptors (Lipinski definition) is 4. The van der Waals surface area contributed by atoms with E-state index in [0.717, 1.165) is 30.8 Å². The largest absolute Gasteiger partial charge is 0.493 e. The van der Waals surface area contributed by atoms with Crippen LogP contribution in [0.3, 0.4) is 0 Å². The lowest BCUT2D eigenvalue weighted by Crippen LogP contribution is -2.15. The summed E-state index contributed by atoms with van der Waals surface area (Å²) >= 11 is 0. The Balaban J connectivity index is 2.55. The van der Waals surface area contributed by atoms with Crippen molar-refractivity contribution in [3.05, 3.63) is 29.3 Å². The van der Waals surface area contributed by atoms with Gasteiger partial charge >= 0.3 is 0 Å². The minimum Gasteiger partial charge on any atom is -0.493 e. The highest BCUT2D eigenvalue weighted by Crippen LogP contribution is 2.20. The number of hydrogen-bond donors (Lipinski definition) is 1. The van der Waals surface area contributed by atoms with Gasteiger partial charge in [0, 0.05) is 18.4 Å². The first-order valence-corrected chi connectivity index (χ1v) is 9.09. The number of nitrogens with one attached hydrogen (secondary N) is 1. The van der Waals surface area contributed by atoms with Gasteiger partial charge in [0.25, 0.3) is 0 Å². The Bertz CT molecular complexity index is 512. The van der Waals surface area contributed by atoms with Crippen LogP contribution in [0.2, 0.25) is 0 Å². The molecule has 0 saturated carbocycles. The molecular weight excluding hydrogens is 274 g/mol. The van der Waals surface area contributed by atoms with E-state index in [0.29, 0.717) is 13.0 Å². The zero-order chi connectivity index (χ0) is 15.0. The molecule has 0 aliphatic heterocycles. The maximum atomic E-state index is 11.1. The van der Waals surface area contributed by atoms with E-state index in [2.05, 4.69) is 25.2 Å². The average Bonchev–Trinajstić information content (AvgIpc) is 2.36. The van der Waals surface area contributed by atoms with Gasteiger partial charge in [0.15, 0.2) is 0 Å². The molecule has 0 fully saturated rings. The van der Waals surface area contributed by atoms with Crippen LogP contribution >= 0.6 is 0 Å². The van der Waals surface area contributed by atoms with E-state index in [4.69, 9.17) is 4.74 Å². The van der Waals surface area contributed by atoms with Gasteiger partial charge < -0.3 is 10.1 Å². The number of ether oxygens (including phenoxy) is 1. The van der Waals surface area contributed by atoms with Crippen LogP contribution < -0.4 is 10.1 Å². The topological polar surface area (TPSA) is 55.4 Å². The van der Waals surface area contributed by atoms with Crippen LogP contribution in [0, 0.1) is 6.92 Å². The molecule has 0 amide bonds. The summed E-state index contributed by atoms with van der Waals surface area (Å²) in [5, 5.41) is 3.36. The fourth-order valence-electron chi connectivity index (χ4n) is 1.89. The smallest absolute Gasteiger partial charge is 0.147 e. The van der Waals surface area contributed by atoms with Crippen LogP contribution in [0.15, 0.2) is 18.2 Å². The Morgan fingerprint density at radius 1 is 1.30 bits per heavy atom. The zero-order valence-electron chi connectivity index (χ0n) is 12.6. The summed E-state index contributed by atoms with van der Waals surface area (Å²) in [5.74, 6) is 1.01. The first-order chi connectivity index (χ1) is 9.42. The van der Waals surface area contributed by atoms with Gasteiger partial charge in [-0.05, 0) is 32.4 Å². The maximum absolute atomic E-state index is 11.1. The lowest BCUT2D eigenvalue weighted by molar-refractivity contribution is 0.313. The number of sulfone groups is 1. The fourth-order valence-corrected chi connectivity index (χ4v) is 2.53. The molecule has 0 heterocycles. The van der Waals surface area contributed by atoms with Crippen molar-refractivity contribution < 1.29 is 13.2 Å². The predicted octanol–water partition coefficient (Wildman–Crippen LogP) is 2.31. The van der Waals surface area contributed by atoms with Crippen molar-refractivity contribution in [2.45, 2.75) is 33.2 Å². The lowest BCUT2D eigenvalue weighted by atomic mass is 10.1. The van der Waals surface area contributed by atoms with Crippen LogP contribution in [0.4, 0.5) is 0 Å². The highest BCUT2D eigenvalue weighted by Gasteiger charge is 2.06. The molecule has 20 heavy (non-hydrogen) atoms. The third-order valence-electron chi connectivity index (χ3n) is 2.88. The summed E-state index contributed by atoms with van der Waals surface area (Å²) in [7, 11) is -2.91. The first kappa shape index (κ1) is 17.0. The van der Waals surface area contributed by atoms with Crippen molar-refractivity contribution in [3.63, 3.8) is 0 Å². The molecule has 1 N–H and O–H groups in total. The molecular formula is C15H25NO3S. The summed E-state index contributed by atoms with van der Waals surface area (Å²) in [5.41, 5.74) is 2.32. The molecule has 1 rings (SSSR count). The molecule has 1 aromatic rings. The predicted molar refractivity (Wildman–Crippen MR) is 83.0 cm³/mol. The molecule has 114 valence electrons. The SMILES string of the molecule is CCCNCc1cc(C)ccc1OCCCS(C)(=O)=O.